The Labute approximate surface area is 109 Å². The Morgan fingerprint density at radius 3 is 2.79 bits per heavy atom. The largest absolute Gasteiger partial charge is 0.494 e. The van der Waals surface area contributed by atoms with Crippen LogP contribution in [0.3, 0.4) is 0 Å². The molecule has 0 aromatic heterocycles. The van der Waals surface area contributed by atoms with Crippen molar-refractivity contribution in [1.29, 1.82) is 0 Å². The van der Waals surface area contributed by atoms with Gasteiger partial charge in [-0.1, -0.05) is 0 Å². The fourth-order valence-corrected chi connectivity index (χ4v) is 2.23. The first kappa shape index (κ1) is 13.3. The van der Waals surface area contributed by atoms with Crippen LogP contribution in [0.4, 0.5) is 4.39 Å². The summed E-state index contributed by atoms with van der Waals surface area (Å²) in [5.74, 6) is -2.08. The summed E-state index contributed by atoms with van der Waals surface area (Å²) in [4.78, 5) is 24.5. The monoisotopic (exact) mass is 267 g/mol. The number of hydrogen-bond acceptors (Lipinski definition) is 3. The van der Waals surface area contributed by atoms with Gasteiger partial charge in [-0.25, -0.2) is 9.18 Å². The minimum atomic E-state index is -1.03. The predicted octanol–water partition coefficient (Wildman–Crippen LogP) is 1.52. The Kier molecular flexibility index (Phi) is 3.69. The van der Waals surface area contributed by atoms with Gasteiger partial charge in [-0.15, -0.1) is 0 Å². The first-order valence-electron chi connectivity index (χ1n) is 5.92. The van der Waals surface area contributed by atoms with Gasteiger partial charge in [-0.05, 0) is 31.0 Å². The lowest BCUT2D eigenvalue weighted by Crippen LogP contribution is -2.40. The molecule has 1 heterocycles. The van der Waals surface area contributed by atoms with E-state index in [-0.39, 0.29) is 11.3 Å². The van der Waals surface area contributed by atoms with Crippen LogP contribution in [0.1, 0.15) is 23.2 Å². The topological polar surface area (TPSA) is 66.8 Å². The van der Waals surface area contributed by atoms with Crippen molar-refractivity contribution in [3.05, 3.63) is 29.6 Å². The molecule has 1 aliphatic rings. The van der Waals surface area contributed by atoms with Crippen LogP contribution in [-0.4, -0.2) is 41.6 Å². The standard InChI is InChI=1S/C13H14FNO4/c1-19-11-5-4-8(7-9(11)14)12(16)15-6-2-3-10(15)13(17)18/h4-5,7,10H,2-3,6H2,1H3,(H,17,18)/t10-/m0/s1. The van der Waals surface area contributed by atoms with Gasteiger partial charge in [0, 0.05) is 12.1 Å². The van der Waals surface area contributed by atoms with Crippen molar-refractivity contribution in [2.45, 2.75) is 18.9 Å². The Morgan fingerprint density at radius 1 is 1.47 bits per heavy atom. The van der Waals surface area contributed by atoms with Crippen LogP contribution in [0.25, 0.3) is 0 Å². The highest BCUT2D eigenvalue weighted by molar-refractivity contribution is 5.97. The third-order valence-corrected chi connectivity index (χ3v) is 3.20. The number of aliphatic carboxylic acids is 1. The second-order valence-corrected chi connectivity index (χ2v) is 4.34. The number of ether oxygens (including phenoxy) is 1. The van der Waals surface area contributed by atoms with Crippen molar-refractivity contribution in [3.8, 4) is 5.75 Å². The van der Waals surface area contributed by atoms with Gasteiger partial charge in [0.15, 0.2) is 11.6 Å². The van der Waals surface area contributed by atoms with E-state index >= 15 is 0 Å². The molecule has 1 aromatic rings. The fourth-order valence-electron chi connectivity index (χ4n) is 2.23. The molecule has 0 unspecified atom stereocenters. The molecule has 1 saturated heterocycles. The van der Waals surface area contributed by atoms with E-state index in [1.807, 2.05) is 0 Å². The van der Waals surface area contributed by atoms with Crippen LogP contribution in [-0.2, 0) is 4.79 Å². The normalized spacial score (nSPS) is 18.4. The van der Waals surface area contributed by atoms with Crippen LogP contribution < -0.4 is 4.74 Å². The van der Waals surface area contributed by atoms with Crippen molar-refractivity contribution in [2.24, 2.45) is 0 Å². The highest BCUT2D eigenvalue weighted by Gasteiger charge is 2.34. The van der Waals surface area contributed by atoms with E-state index in [9.17, 15) is 14.0 Å². The van der Waals surface area contributed by atoms with E-state index in [1.165, 1.54) is 24.1 Å². The molecule has 0 aliphatic carbocycles. The van der Waals surface area contributed by atoms with Crippen LogP contribution in [0.5, 0.6) is 5.75 Å². The average molecular weight is 267 g/mol. The SMILES string of the molecule is COc1ccc(C(=O)N2CCC[C@H]2C(=O)O)cc1F. The van der Waals surface area contributed by atoms with Crippen LogP contribution in [0, 0.1) is 5.82 Å². The summed E-state index contributed by atoms with van der Waals surface area (Å²) in [7, 11) is 1.33. The summed E-state index contributed by atoms with van der Waals surface area (Å²) in [6.07, 6.45) is 1.07. The maximum absolute atomic E-state index is 13.5. The summed E-state index contributed by atoms with van der Waals surface area (Å²) in [6, 6.07) is 3.03. The molecule has 1 N–H and O–H groups in total. The Balaban J connectivity index is 2.24. The molecule has 1 amide bonds. The van der Waals surface area contributed by atoms with E-state index in [1.54, 1.807) is 0 Å². The summed E-state index contributed by atoms with van der Waals surface area (Å²) >= 11 is 0. The molecule has 1 aliphatic heterocycles. The van der Waals surface area contributed by atoms with Crippen molar-refractivity contribution >= 4 is 11.9 Å². The smallest absolute Gasteiger partial charge is 0.326 e. The number of carboxylic acids is 1. The highest BCUT2D eigenvalue weighted by Crippen LogP contribution is 2.23. The number of carbonyl (C=O) groups excluding carboxylic acids is 1. The van der Waals surface area contributed by atoms with E-state index in [0.717, 1.165) is 6.07 Å². The average Bonchev–Trinajstić information content (AvgIpc) is 2.87. The molecule has 19 heavy (non-hydrogen) atoms. The van der Waals surface area contributed by atoms with Crippen molar-refractivity contribution in [1.82, 2.24) is 4.90 Å². The second kappa shape index (κ2) is 5.26. The molecule has 1 aromatic carbocycles. The number of carbonyl (C=O) groups is 2. The molecule has 0 bridgehead atoms. The van der Waals surface area contributed by atoms with Gasteiger partial charge in [0.2, 0.25) is 0 Å². The van der Waals surface area contributed by atoms with Gasteiger partial charge in [0.25, 0.3) is 5.91 Å². The van der Waals surface area contributed by atoms with Gasteiger partial charge in [-0.2, -0.15) is 0 Å². The van der Waals surface area contributed by atoms with Crippen molar-refractivity contribution < 1.29 is 23.8 Å². The number of carboxylic acid groups (broad SMARTS) is 1. The third kappa shape index (κ3) is 2.52. The van der Waals surface area contributed by atoms with Gasteiger partial charge in [-0.3, -0.25) is 4.79 Å². The quantitative estimate of drug-likeness (QED) is 0.901. The zero-order valence-corrected chi connectivity index (χ0v) is 10.4. The minimum absolute atomic E-state index is 0.0488. The number of likely N-dealkylation sites (tertiary alicyclic amines) is 1. The number of benzene rings is 1. The molecule has 0 saturated carbocycles. The van der Waals surface area contributed by atoms with E-state index in [2.05, 4.69) is 0 Å². The summed E-state index contributed by atoms with van der Waals surface area (Å²) < 4.78 is 18.3. The molecule has 102 valence electrons. The van der Waals surface area contributed by atoms with E-state index < -0.39 is 23.7 Å². The first-order chi connectivity index (χ1) is 9.04. The van der Waals surface area contributed by atoms with E-state index in [4.69, 9.17) is 9.84 Å². The van der Waals surface area contributed by atoms with Crippen LogP contribution >= 0.6 is 0 Å². The number of rotatable bonds is 3. The molecule has 0 radical (unpaired) electrons. The molecule has 1 fully saturated rings. The molecular weight excluding hydrogens is 253 g/mol. The molecule has 2 rings (SSSR count). The zero-order valence-electron chi connectivity index (χ0n) is 10.4. The lowest BCUT2D eigenvalue weighted by atomic mass is 10.1. The highest BCUT2D eigenvalue weighted by atomic mass is 19.1. The number of halogens is 1. The van der Waals surface area contributed by atoms with E-state index in [0.29, 0.717) is 19.4 Å². The Hall–Kier alpha value is -2.11. The third-order valence-electron chi connectivity index (χ3n) is 3.20. The lowest BCUT2D eigenvalue weighted by Gasteiger charge is -2.21. The Bertz CT molecular complexity index is 517. The van der Waals surface area contributed by atoms with Gasteiger partial charge in [0.05, 0.1) is 7.11 Å². The number of amides is 1. The molecule has 0 spiro atoms. The van der Waals surface area contributed by atoms with Crippen molar-refractivity contribution in [2.75, 3.05) is 13.7 Å². The van der Waals surface area contributed by atoms with Crippen molar-refractivity contribution in [3.63, 3.8) is 0 Å². The summed E-state index contributed by atoms with van der Waals surface area (Å²) in [6.45, 7) is 0.378. The molecule has 5 nitrogen and oxygen atoms in total. The van der Waals surface area contributed by atoms with Gasteiger partial charge >= 0.3 is 5.97 Å². The molecular formula is C13H14FNO4. The fraction of sp³-hybridized carbons (Fsp3) is 0.385. The molecule has 1 atom stereocenters. The zero-order chi connectivity index (χ0) is 14.0. The molecule has 6 heteroatoms. The van der Waals surface area contributed by atoms with Gasteiger partial charge in [0.1, 0.15) is 6.04 Å². The lowest BCUT2D eigenvalue weighted by molar-refractivity contribution is -0.141. The maximum Gasteiger partial charge on any atom is 0.326 e. The number of methoxy groups -OCH3 is 1. The summed E-state index contributed by atoms with van der Waals surface area (Å²) in [5.41, 5.74) is 0.131. The summed E-state index contributed by atoms with van der Waals surface area (Å²) in [5, 5.41) is 9.03. The number of hydrogen-bond donors (Lipinski definition) is 1. The van der Waals surface area contributed by atoms with Crippen LogP contribution in [0.15, 0.2) is 18.2 Å². The second-order valence-electron chi connectivity index (χ2n) is 4.34. The first-order valence-corrected chi connectivity index (χ1v) is 5.92. The van der Waals surface area contributed by atoms with Crippen LogP contribution in [0.2, 0.25) is 0 Å². The minimum Gasteiger partial charge on any atom is -0.494 e. The number of nitrogens with zero attached hydrogens (tertiary/aromatic N) is 1. The Morgan fingerprint density at radius 2 is 2.21 bits per heavy atom. The maximum atomic E-state index is 13.5. The van der Waals surface area contributed by atoms with Gasteiger partial charge < -0.3 is 14.7 Å². The predicted molar refractivity (Wildman–Crippen MR) is 64.6 cm³/mol.